The predicted octanol–water partition coefficient (Wildman–Crippen LogP) is 5.34. The van der Waals surface area contributed by atoms with E-state index in [2.05, 4.69) is 35.1 Å². The van der Waals surface area contributed by atoms with E-state index in [0.717, 1.165) is 21.2 Å². The topological polar surface area (TPSA) is 25.2 Å². The third kappa shape index (κ3) is 2.29. The Labute approximate surface area is 125 Å². The van der Waals surface area contributed by atoms with Crippen molar-refractivity contribution in [3.63, 3.8) is 0 Å². The molecule has 18 heavy (non-hydrogen) atoms. The summed E-state index contributed by atoms with van der Waals surface area (Å²) in [4.78, 5) is 0. The van der Waals surface area contributed by atoms with E-state index in [-0.39, 0.29) is 0 Å². The van der Waals surface area contributed by atoms with Gasteiger partial charge in [0.15, 0.2) is 5.58 Å². The molecule has 0 aliphatic rings. The molecule has 0 bridgehead atoms. The molecule has 0 spiro atoms. The Morgan fingerprint density at radius 2 is 2.06 bits per heavy atom. The fourth-order valence-electron chi connectivity index (χ4n) is 2.14. The van der Waals surface area contributed by atoms with E-state index < -0.39 is 0 Å². The molecule has 2 rings (SSSR count). The van der Waals surface area contributed by atoms with Crippen LogP contribution in [0, 0.1) is 0 Å². The molecular weight excluding hydrogens is 337 g/mol. The fraction of sp³-hybridized carbons (Fsp3) is 0.385. The first kappa shape index (κ1) is 14.2. The van der Waals surface area contributed by atoms with Crippen molar-refractivity contribution in [3.8, 4) is 0 Å². The minimum absolute atomic E-state index is 0.317. The van der Waals surface area contributed by atoms with E-state index in [0.29, 0.717) is 28.1 Å². The van der Waals surface area contributed by atoms with Gasteiger partial charge in [-0.3, -0.25) is 0 Å². The zero-order valence-corrected chi connectivity index (χ0v) is 13.5. The van der Waals surface area contributed by atoms with Gasteiger partial charge in [-0.1, -0.05) is 37.0 Å². The number of nitrogens with one attached hydrogen (secondary N) is 1. The average molecular weight is 351 g/mol. The van der Waals surface area contributed by atoms with Crippen molar-refractivity contribution in [3.05, 3.63) is 31.9 Å². The van der Waals surface area contributed by atoms with E-state index in [1.54, 1.807) is 6.07 Å². The standard InChI is InChI=1S/C13H14BrCl2NO/c1-6(2)10-9(5-17-3)18-13-8(15)4-7(14)12(16)11(10)13/h4,6,17H,5H2,1-3H3. The highest BCUT2D eigenvalue weighted by molar-refractivity contribution is 9.10. The molecule has 1 heterocycles. The normalized spacial score (nSPS) is 11.7. The average Bonchev–Trinajstić information content (AvgIpc) is 2.66. The lowest BCUT2D eigenvalue weighted by Gasteiger charge is -2.07. The van der Waals surface area contributed by atoms with Gasteiger partial charge < -0.3 is 9.73 Å². The van der Waals surface area contributed by atoms with Crippen LogP contribution >= 0.6 is 39.1 Å². The maximum absolute atomic E-state index is 6.37. The molecule has 1 N–H and O–H groups in total. The smallest absolute Gasteiger partial charge is 0.154 e. The molecule has 0 saturated carbocycles. The zero-order chi connectivity index (χ0) is 13.4. The van der Waals surface area contributed by atoms with Crippen molar-refractivity contribution in [2.75, 3.05) is 7.05 Å². The summed E-state index contributed by atoms with van der Waals surface area (Å²) in [6, 6.07) is 1.77. The lowest BCUT2D eigenvalue weighted by Crippen LogP contribution is -2.06. The third-order valence-electron chi connectivity index (χ3n) is 2.84. The minimum atomic E-state index is 0.317. The Balaban J connectivity index is 2.86. The van der Waals surface area contributed by atoms with Gasteiger partial charge in [0, 0.05) is 15.4 Å². The maximum Gasteiger partial charge on any atom is 0.154 e. The summed E-state index contributed by atoms with van der Waals surface area (Å²) in [6.07, 6.45) is 0. The minimum Gasteiger partial charge on any atom is -0.458 e. The number of fused-ring (bicyclic) bond motifs is 1. The van der Waals surface area contributed by atoms with Crippen molar-refractivity contribution in [1.82, 2.24) is 5.32 Å². The second-order valence-electron chi connectivity index (χ2n) is 4.48. The first-order valence-corrected chi connectivity index (χ1v) is 7.25. The summed E-state index contributed by atoms with van der Waals surface area (Å²) in [5.41, 5.74) is 1.78. The molecule has 0 saturated heterocycles. The van der Waals surface area contributed by atoms with Crippen LogP contribution in [0.1, 0.15) is 31.1 Å². The summed E-state index contributed by atoms with van der Waals surface area (Å²) in [5, 5.41) is 5.25. The van der Waals surface area contributed by atoms with Crippen LogP contribution in [0.5, 0.6) is 0 Å². The summed E-state index contributed by atoms with van der Waals surface area (Å²) in [6.45, 7) is 4.90. The van der Waals surface area contributed by atoms with E-state index in [4.69, 9.17) is 27.6 Å². The second kappa shape index (κ2) is 5.41. The monoisotopic (exact) mass is 349 g/mol. The first-order valence-electron chi connectivity index (χ1n) is 5.70. The van der Waals surface area contributed by atoms with Gasteiger partial charge in [0.1, 0.15) is 5.76 Å². The fourth-order valence-corrected chi connectivity index (χ4v) is 3.18. The van der Waals surface area contributed by atoms with Crippen molar-refractivity contribution >= 4 is 50.1 Å². The van der Waals surface area contributed by atoms with Crippen molar-refractivity contribution in [1.29, 1.82) is 0 Å². The van der Waals surface area contributed by atoms with Crippen LogP contribution < -0.4 is 5.32 Å². The Bertz CT molecular complexity index is 592. The number of furan rings is 1. The molecule has 0 fully saturated rings. The Kier molecular flexibility index (Phi) is 4.27. The Morgan fingerprint density at radius 3 is 2.61 bits per heavy atom. The van der Waals surface area contributed by atoms with Crippen LogP contribution in [0.3, 0.4) is 0 Å². The highest BCUT2D eigenvalue weighted by Crippen LogP contribution is 2.43. The molecule has 5 heteroatoms. The van der Waals surface area contributed by atoms with Crippen LogP contribution in [-0.2, 0) is 6.54 Å². The molecule has 2 aromatic rings. The summed E-state index contributed by atoms with van der Waals surface area (Å²) < 4.78 is 6.66. The maximum atomic E-state index is 6.37. The van der Waals surface area contributed by atoms with Gasteiger partial charge in [0.2, 0.25) is 0 Å². The molecule has 2 nitrogen and oxygen atoms in total. The molecule has 0 amide bonds. The number of hydrogen-bond donors (Lipinski definition) is 1. The highest BCUT2D eigenvalue weighted by Gasteiger charge is 2.22. The largest absolute Gasteiger partial charge is 0.458 e. The molecule has 1 aromatic heterocycles. The second-order valence-corrected chi connectivity index (χ2v) is 6.12. The van der Waals surface area contributed by atoms with Crippen LogP contribution in [0.2, 0.25) is 10.0 Å². The van der Waals surface area contributed by atoms with Crippen LogP contribution in [0.4, 0.5) is 0 Å². The van der Waals surface area contributed by atoms with E-state index >= 15 is 0 Å². The lowest BCUT2D eigenvalue weighted by atomic mass is 9.99. The Morgan fingerprint density at radius 1 is 1.39 bits per heavy atom. The molecule has 1 aromatic carbocycles. The number of benzene rings is 1. The number of rotatable bonds is 3. The molecule has 0 atom stereocenters. The zero-order valence-electron chi connectivity index (χ0n) is 10.4. The van der Waals surface area contributed by atoms with Crippen LogP contribution in [-0.4, -0.2) is 7.05 Å². The van der Waals surface area contributed by atoms with Crippen LogP contribution in [0.15, 0.2) is 15.0 Å². The van der Waals surface area contributed by atoms with Crippen molar-refractivity contribution in [2.45, 2.75) is 26.3 Å². The van der Waals surface area contributed by atoms with Crippen LogP contribution in [0.25, 0.3) is 11.0 Å². The summed E-state index contributed by atoms with van der Waals surface area (Å²) >= 11 is 16.0. The molecule has 0 radical (unpaired) electrons. The van der Waals surface area contributed by atoms with E-state index in [9.17, 15) is 0 Å². The van der Waals surface area contributed by atoms with Gasteiger partial charge in [-0.25, -0.2) is 0 Å². The van der Waals surface area contributed by atoms with Gasteiger partial charge in [-0.2, -0.15) is 0 Å². The quantitative estimate of drug-likeness (QED) is 0.755. The predicted molar refractivity (Wildman–Crippen MR) is 80.8 cm³/mol. The third-order valence-corrected chi connectivity index (χ3v) is 4.36. The number of halogens is 3. The first-order chi connectivity index (χ1) is 8.47. The van der Waals surface area contributed by atoms with Gasteiger partial charge in [-0.15, -0.1) is 0 Å². The lowest BCUT2D eigenvalue weighted by molar-refractivity contribution is 0.520. The highest BCUT2D eigenvalue weighted by atomic mass is 79.9. The summed E-state index contributed by atoms with van der Waals surface area (Å²) in [5.74, 6) is 1.21. The van der Waals surface area contributed by atoms with Crippen molar-refractivity contribution in [2.24, 2.45) is 0 Å². The van der Waals surface area contributed by atoms with E-state index in [1.807, 2.05) is 7.05 Å². The van der Waals surface area contributed by atoms with Gasteiger partial charge in [-0.05, 0) is 35.0 Å². The Hall–Kier alpha value is -0.220. The SMILES string of the molecule is CNCc1oc2c(Cl)cc(Br)c(Cl)c2c1C(C)C. The van der Waals surface area contributed by atoms with E-state index in [1.165, 1.54) is 0 Å². The summed E-state index contributed by atoms with van der Waals surface area (Å²) in [7, 11) is 1.89. The van der Waals surface area contributed by atoms with Gasteiger partial charge >= 0.3 is 0 Å². The molecule has 0 unspecified atom stereocenters. The molecule has 0 aliphatic heterocycles. The molecule has 0 aliphatic carbocycles. The van der Waals surface area contributed by atoms with Gasteiger partial charge in [0.25, 0.3) is 0 Å². The number of hydrogen-bond acceptors (Lipinski definition) is 2. The molecule has 98 valence electrons. The molecular formula is C13H14BrCl2NO. The van der Waals surface area contributed by atoms with Gasteiger partial charge in [0.05, 0.1) is 16.6 Å². The van der Waals surface area contributed by atoms with Crippen molar-refractivity contribution < 1.29 is 4.42 Å².